The van der Waals surface area contributed by atoms with Crippen LogP contribution in [0.25, 0.3) is 11.0 Å². The van der Waals surface area contributed by atoms with E-state index in [1.807, 2.05) is 41.8 Å². The number of halogens is 1. The molecule has 0 radical (unpaired) electrons. The zero-order valence-corrected chi connectivity index (χ0v) is 32.7. The molecule has 280 valence electrons. The van der Waals surface area contributed by atoms with E-state index in [4.69, 9.17) is 4.74 Å². The molecule has 0 spiro atoms. The summed E-state index contributed by atoms with van der Waals surface area (Å²) in [4.78, 5) is 42.1. The summed E-state index contributed by atoms with van der Waals surface area (Å²) in [6.07, 6.45) is 28.7. The molecule has 3 heterocycles. The number of unbranched alkanes of at least 4 members (excludes halogenated alkanes) is 11. The summed E-state index contributed by atoms with van der Waals surface area (Å²) in [6.45, 7) is 5.75. The third-order valence-corrected chi connectivity index (χ3v) is 10.8. The Bertz CT molecular complexity index is 1510. The Morgan fingerprint density at radius 2 is 1.71 bits per heavy atom. The highest BCUT2D eigenvalue weighted by atomic mass is 79.9. The van der Waals surface area contributed by atoms with Crippen LogP contribution < -0.4 is 10.6 Å². The number of amides is 1. The van der Waals surface area contributed by atoms with Gasteiger partial charge in [-0.25, -0.2) is 4.98 Å². The summed E-state index contributed by atoms with van der Waals surface area (Å²) in [7, 11) is 1.96. The lowest BCUT2D eigenvalue weighted by molar-refractivity contribution is -0.149. The summed E-state index contributed by atoms with van der Waals surface area (Å²) in [5.41, 5.74) is 3.38. The number of imidazole rings is 1. The second-order valence-corrected chi connectivity index (χ2v) is 14.7. The van der Waals surface area contributed by atoms with Crippen molar-refractivity contribution >= 4 is 44.5 Å². The van der Waals surface area contributed by atoms with Gasteiger partial charge in [-0.15, -0.1) is 0 Å². The van der Waals surface area contributed by atoms with Crippen molar-refractivity contribution in [3.8, 4) is 0 Å². The zero-order valence-electron chi connectivity index (χ0n) is 31.1. The van der Waals surface area contributed by atoms with Gasteiger partial charge in [0.1, 0.15) is 5.52 Å². The number of aromatic nitrogens is 4. The van der Waals surface area contributed by atoms with Crippen molar-refractivity contribution in [2.24, 2.45) is 18.9 Å². The van der Waals surface area contributed by atoms with E-state index in [-0.39, 0.29) is 30.3 Å². The number of carbonyl (C=O) groups excluding carboxylic acids is 2. The molecular weight excluding hydrogens is 706 g/mol. The van der Waals surface area contributed by atoms with E-state index in [2.05, 4.69) is 60.6 Å². The largest absolute Gasteiger partial charge is 0.465 e. The first-order chi connectivity index (χ1) is 24.9. The molecule has 1 fully saturated rings. The molecule has 0 bridgehead atoms. The summed E-state index contributed by atoms with van der Waals surface area (Å²) in [6, 6.07) is 3.86. The van der Waals surface area contributed by atoms with Crippen LogP contribution in [-0.4, -0.2) is 62.3 Å². The summed E-state index contributed by atoms with van der Waals surface area (Å²) in [5, 5.41) is 6.92. The fourth-order valence-electron chi connectivity index (χ4n) is 6.89. The van der Waals surface area contributed by atoms with E-state index >= 15 is 0 Å². The number of rotatable bonds is 24. The van der Waals surface area contributed by atoms with Gasteiger partial charge in [0.2, 0.25) is 5.91 Å². The molecule has 3 aromatic rings. The van der Waals surface area contributed by atoms with Crippen LogP contribution in [0.15, 0.2) is 53.7 Å². The molecule has 1 saturated heterocycles. The number of anilines is 1. The van der Waals surface area contributed by atoms with Crippen LogP contribution >= 0.6 is 15.9 Å². The number of hydrogen-bond acceptors (Lipinski definition) is 8. The minimum atomic E-state index is -0.391. The topological polar surface area (TPSA) is 114 Å². The van der Waals surface area contributed by atoms with Crippen LogP contribution in [0, 0.1) is 11.8 Å². The number of nitrogens with one attached hydrogen (secondary N) is 2. The number of carbonyl (C=O) groups is 2. The molecule has 3 atom stereocenters. The Hall–Kier alpha value is -3.31. The van der Waals surface area contributed by atoms with Crippen molar-refractivity contribution in [1.82, 2.24) is 29.7 Å². The van der Waals surface area contributed by atoms with E-state index in [1.54, 1.807) is 18.7 Å². The fraction of sp³-hybridized carbons (Fsp3) is 0.625. The number of ether oxygens (including phenoxy) is 1. The molecule has 10 nitrogen and oxygen atoms in total. The van der Waals surface area contributed by atoms with Crippen LogP contribution in [0.5, 0.6) is 0 Å². The first-order valence-corrected chi connectivity index (χ1v) is 20.2. The van der Waals surface area contributed by atoms with Crippen molar-refractivity contribution in [2.75, 3.05) is 25.0 Å². The molecular formula is C40H60BrN7O3. The normalized spacial score (nSPS) is 15.8. The summed E-state index contributed by atoms with van der Waals surface area (Å²) >= 11 is 3.68. The van der Waals surface area contributed by atoms with Gasteiger partial charge in [0.25, 0.3) is 0 Å². The Balaban J connectivity index is 1.23. The second-order valence-electron chi connectivity index (χ2n) is 13.9. The third kappa shape index (κ3) is 13.0. The lowest BCUT2D eigenvalue weighted by Crippen LogP contribution is -2.49. The lowest BCUT2D eigenvalue weighted by atomic mass is 9.85. The molecule has 51 heavy (non-hydrogen) atoms. The average molecular weight is 767 g/mol. The highest BCUT2D eigenvalue weighted by Crippen LogP contribution is 2.31. The van der Waals surface area contributed by atoms with Gasteiger partial charge in [0.15, 0.2) is 6.29 Å². The SMILES string of the molecule is CCCCCCCC/C=C\CCCCCCCC(=O)OCC(Cc1cncn1C)C(CC)C(=O)N1CCNC1Nc1ccc2nccnc2c1Br. The Labute approximate surface area is 313 Å². The van der Waals surface area contributed by atoms with Gasteiger partial charge in [0, 0.05) is 62.7 Å². The van der Waals surface area contributed by atoms with E-state index in [0.29, 0.717) is 32.4 Å². The lowest BCUT2D eigenvalue weighted by Gasteiger charge is -2.33. The van der Waals surface area contributed by atoms with Crippen LogP contribution in [-0.2, 0) is 27.8 Å². The predicted octanol–water partition coefficient (Wildman–Crippen LogP) is 8.72. The van der Waals surface area contributed by atoms with Crippen LogP contribution in [0.4, 0.5) is 5.69 Å². The standard InChI is InChI=1S/C40H60BrN7O3/c1-4-6-7-8-9-10-11-12-13-14-15-16-17-18-19-20-36(49)51-29-31(27-32-28-42-30-47(32)3)33(5-2)39(50)48-26-25-45-40(48)46-34-21-22-35-38(37(34)41)44-24-23-43-35/h12-13,21-24,28,30-31,33,40,45-46H,4-11,14-20,25-27,29H2,1-3H3/b13-12-. The van der Waals surface area contributed by atoms with Gasteiger partial charge in [-0.05, 0) is 73.0 Å². The van der Waals surface area contributed by atoms with Crippen molar-refractivity contribution in [1.29, 1.82) is 0 Å². The first kappa shape index (κ1) is 40.5. The molecule has 0 saturated carbocycles. The minimum Gasteiger partial charge on any atom is -0.465 e. The van der Waals surface area contributed by atoms with Gasteiger partial charge in [-0.3, -0.25) is 24.9 Å². The Morgan fingerprint density at radius 1 is 1.00 bits per heavy atom. The molecule has 1 aliphatic rings. The third-order valence-electron chi connectivity index (χ3n) is 9.97. The highest BCUT2D eigenvalue weighted by Gasteiger charge is 2.37. The van der Waals surface area contributed by atoms with Crippen molar-refractivity contribution in [2.45, 2.75) is 123 Å². The van der Waals surface area contributed by atoms with Gasteiger partial charge in [0.05, 0.1) is 28.6 Å². The molecule has 4 rings (SSSR count). The number of benzene rings is 1. The number of fused-ring (bicyclic) bond motifs is 1. The Kier molecular flexibility index (Phi) is 17.9. The minimum absolute atomic E-state index is 0.0391. The van der Waals surface area contributed by atoms with E-state index < -0.39 is 6.29 Å². The predicted molar refractivity (Wildman–Crippen MR) is 209 cm³/mol. The number of esters is 1. The zero-order chi connectivity index (χ0) is 36.3. The van der Waals surface area contributed by atoms with Gasteiger partial charge >= 0.3 is 5.97 Å². The quantitative estimate of drug-likeness (QED) is 0.0529. The van der Waals surface area contributed by atoms with Crippen LogP contribution in [0.1, 0.15) is 116 Å². The highest BCUT2D eigenvalue weighted by molar-refractivity contribution is 9.10. The molecule has 2 N–H and O–H groups in total. The number of nitrogens with zero attached hydrogens (tertiary/aromatic N) is 5. The van der Waals surface area contributed by atoms with Crippen LogP contribution in [0.2, 0.25) is 0 Å². The summed E-state index contributed by atoms with van der Waals surface area (Å²) in [5.74, 6) is -0.656. The van der Waals surface area contributed by atoms with E-state index in [1.165, 1.54) is 57.8 Å². The maximum atomic E-state index is 14.2. The fourth-order valence-corrected chi connectivity index (χ4v) is 7.44. The monoisotopic (exact) mass is 765 g/mol. The smallest absolute Gasteiger partial charge is 0.305 e. The van der Waals surface area contributed by atoms with E-state index in [9.17, 15) is 9.59 Å². The van der Waals surface area contributed by atoms with Crippen molar-refractivity contribution in [3.63, 3.8) is 0 Å². The molecule has 0 aliphatic carbocycles. The maximum Gasteiger partial charge on any atom is 0.305 e. The molecule has 1 aliphatic heterocycles. The van der Waals surface area contributed by atoms with Gasteiger partial charge < -0.3 is 19.5 Å². The number of hydrogen-bond donors (Lipinski definition) is 2. The molecule has 1 amide bonds. The summed E-state index contributed by atoms with van der Waals surface area (Å²) < 4.78 is 8.66. The van der Waals surface area contributed by atoms with Crippen molar-refractivity contribution < 1.29 is 14.3 Å². The molecule has 1 aromatic carbocycles. The van der Waals surface area contributed by atoms with E-state index in [0.717, 1.165) is 52.6 Å². The molecule has 11 heteroatoms. The van der Waals surface area contributed by atoms with Crippen molar-refractivity contribution in [3.05, 3.63) is 59.4 Å². The number of aryl methyl sites for hydroxylation is 1. The molecule has 2 aromatic heterocycles. The first-order valence-electron chi connectivity index (χ1n) is 19.4. The maximum absolute atomic E-state index is 14.2. The van der Waals surface area contributed by atoms with Crippen LogP contribution in [0.3, 0.4) is 0 Å². The molecule has 3 unspecified atom stereocenters. The Morgan fingerprint density at radius 3 is 2.41 bits per heavy atom. The number of allylic oxidation sites excluding steroid dienone is 2. The average Bonchev–Trinajstić information content (AvgIpc) is 3.78. The second kappa shape index (κ2) is 22.6. The van der Waals surface area contributed by atoms with Gasteiger partial charge in [-0.1, -0.05) is 77.4 Å². The van der Waals surface area contributed by atoms with Gasteiger partial charge in [-0.2, -0.15) is 0 Å².